The Bertz CT molecular complexity index is 1570. The van der Waals surface area contributed by atoms with Gasteiger partial charge in [0.1, 0.15) is 5.82 Å². The van der Waals surface area contributed by atoms with E-state index in [1.54, 1.807) is 24.3 Å². The molecule has 0 radical (unpaired) electrons. The average Bonchev–Trinajstić information content (AvgIpc) is 3.04. The molecule has 1 aliphatic heterocycles. The van der Waals surface area contributed by atoms with Crippen LogP contribution in [0.5, 0.6) is 0 Å². The minimum atomic E-state index is -0.273. The van der Waals surface area contributed by atoms with Crippen molar-refractivity contribution in [2.24, 2.45) is 5.92 Å². The highest BCUT2D eigenvalue weighted by Crippen LogP contribution is 2.28. The fourth-order valence-electron chi connectivity index (χ4n) is 6.23. The molecule has 2 amide bonds. The second kappa shape index (κ2) is 14.6. The maximum atomic E-state index is 13.2. The fourth-order valence-corrected chi connectivity index (χ4v) is 6.23. The van der Waals surface area contributed by atoms with E-state index in [0.29, 0.717) is 17.9 Å². The summed E-state index contributed by atoms with van der Waals surface area (Å²) in [6.07, 6.45) is 7.11. The summed E-state index contributed by atoms with van der Waals surface area (Å²) in [5.74, 6) is 0.531. The molecule has 6 nitrogen and oxygen atoms in total. The van der Waals surface area contributed by atoms with Crippen molar-refractivity contribution in [3.8, 4) is 11.1 Å². The Morgan fingerprint density at radius 1 is 0.955 bits per heavy atom. The summed E-state index contributed by atoms with van der Waals surface area (Å²) in [5, 5.41) is 4.11. The van der Waals surface area contributed by atoms with Crippen molar-refractivity contribution >= 4 is 28.4 Å². The summed E-state index contributed by atoms with van der Waals surface area (Å²) >= 11 is 0. The summed E-state index contributed by atoms with van der Waals surface area (Å²) in [7, 11) is 0. The minimum absolute atomic E-state index is 0.186. The highest BCUT2D eigenvalue weighted by Gasteiger charge is 2.20. The molecule has 7 heteroatoms. The predicted octanol–water partition coefficient (Wildman–Crippen LogP) is 7.85. The molecular weight excluding hydrogens is 551 g/mol. The zero-order valence-electron chi connectivity index (χ0n) is 26.1. The molecule has 1 fully saturated rings. The number of aryl methyl sites for hydroxylation is 1. The molecule has 1 saturated heterocycles. The molecule has 2 heterocycles. The molecule has 0 bridgehead atoms. The van der Waals surface area contributed by atoms with E-state index >= 15 is 0 Å². The van der Waals surface area contributed by atoms with Crippen molar-refractivity contribution in [1.82, 2.24) is 14.8 Å². The van der Waals surface area contributed by atoms with Crippen LogP contribution in [-0.4, -0.2) is 52.8 Å². The first kappa shape index (κ1) is 31.3. The van der Waals surface area contributed by atoms with Crippen molar-refractivity contribution in [3.63, 3.8) is 0 Å². The van der Waals surface area contributed by atoms with Gasteiger partial charge in [0, 0.05) is 48.9 Å². The largest absolute Gasteiger partial charge is 0.343 e. The molecule has 0 aliphatic carbocycles. The Labute approximate surface area is 260 Å². The van der Waals surface area contributed by atoms with E-state index < -0.39 is 0 Å². The predicted molar refractivity (Wildman–Crippen MR) is 176 cm³/mol. The van der Waals surface area contributed by atoms with Gasteiger partial charge in [-0.05, 0) is 124 Å². The molecule has 3 aromatic carbocycles. The van der Waals surface area contributed by atoms with Gasteiger partial charge in [-0.15, -0.1) is 0 Å². The Morgan fingerprint density at radius 3 is 2.27 bits per heavy atom. The van der Waals surface area contributed by atoms with Gasteiger partial charge in [-0.25, -0.2) is 4.39 Å². The van der Waals surface area contributed by atoms with Gasteiger partial charge in [0.25, 0.3) is 5.91 Å². The molecule has 0 saturated carbocycles. The highest BCUT2D eigenvalue weighted by molar-refractivity contribution is 6.06. The van der Waals surface area contributed by atoms with E-state index in [9.17, 15) is 14.0 Å². The lowest BCUT2D eigenvalue weighted by molar-refractivity contribution is -0.131. The number of rotatable bonds is 11. The number of hydrogen-bond donors (Lipinski definition) is 1. The maximum absolute atomic E-state index is 13.2. The first-order valence-corrected chi connectivity index (χ1v) is 15.9. The smallest absolute Gasteiger partial charge is 0.255 e. The van der Waals surface area contributed by atoms with Crippen molar-refractivity contribution in [3.05, 3.63) is 95.4 Å². The van der Waals surface area contributed by atoms with E-state index in [0.717, 1.165) is 78.8 Å². The van der Waals surface area contributed by atoms with E-state index in [4.69, 9.17) is 4.98 Å². The molecule has 0 spiro atoms. The number of pyridine rings is 1. The quantitative estimate of drug-likeness (QED) is 0.192. The van der Waals surface area contributed by atoms with Crippen LogP contribution in [0, 0.1) is 18.7 Å². The summed E-state index contributed by atoms with van der Waals surface area (Å²) in [4.78, 5) is 34.5. The van der Waals surface area contributed by atoms with Crippen LogP contribution < -0.4 is 5.32 Å². The van der Waals surface area contributed by atoms with Gasteiger partial charge in [-0.1, -0.05) is 30.3 Å². The average molecular weight is 595 g/mol. The van der Waals surface area contributed by atoms with Crippen molar-refractivity contribution in [2.45, 2.75) is 59.4 Å². The minimum Gasteiger partial charge on any atom is -0.343 e. The van der Waals surface area contributed by atoms with Crippen LogP contribution >= 0.6 is 0 Å². The third-order valence-electron chi connectivity index (χ3n) is 8.97. The first-order chi connectivity index (χ1) is 21.3. The van der Waals surface area contributed by atoms with Gasteiger partial charge in [0.2, 0.25) is 5.91 Å². The molecule has 1 aromatic heterocycles. The molecule has 0 unspecified atom stereocenters. The number of amides is 2. The Kier molecular flexibility index (Phi) is 10.4. The number of nitrogens with zero attached hydrogens (tertiary/aromatic N) is 3. The van der Waals surface area contributed by atoms with Gasteiger partial charge < -0.3 is 10.2 Å². The van der Waals surface area contributed by atoms with Crippen LogP contribution in [0.2, 0.25) is 0 Å². The van der Waals surface area contributed by atoms with Crippen LogP contribution in [0.1, 0.15) is 67.4 Å². The van der Waals surface area contributed by atoms with Crippen LogP contribution in [0.15, 0.2) is 72.9 Å². The van der Waals surface area contributed by atoms with Crippen LogP contribution in [-0.2, 0) is 11.3 Å². The van der Waals surface area contributed by atoms with Crippen LogP contribution in [0.3, 0.4) is 0 Å². The van der Waals surface area contributed by atoms with E-state index in [1.807, 2.05) is 56.1 Å². The summed E-state index contributed by atoms with van der Waals surface area (Å²) < 4.78 is 13.2. The van der Waals surface area contributed by atoms with Crippen LogP contribution in [0.4, 0.5) is 10.1 Å². The molecule has 1 N–H and O–H groups in total. The maximum Gasteiger partial charge on any atom is 0.255 e. The third-order valence-corrected chi connectivity index (χ3v) is 8.97. The van der Waals surface area contributed by atoms with Gasteiger partial charge in [-0.2, -0.15) is 0 Å². The van der Waals surface area contributed by atoms with E-state index in [1.165, 1.54) is 30.5 Å². The monoisotopic (exact) mass is 594 g/mol. The number of piperidine rings is 1. The lowest BCUT2D eigenvalue weighted by Gasteiger charge is -2.32. The fraction of sp³-hybridized carbons (Fsp3) is 0.378. The summed E-state index contributed by atoms with van der Waals surface area (Å²) in [6.45, 7) is 10.7. The Balaban J connectivity index is 1.13. The van der Waals surface area contributed by atoms with Gasteiger partial charge in [0.05, 0.1) is 5.52 Å². The standard InChI is InChI=1S/C37H43FN4O2/c1-4-42(5-2)35(43)8-6-7-27-19-21-41(22-20-27)25-28-23-32-15-18-34(26(3)36(32)39-24-28)40-37(44)31-11-9-29(10-12-31)30-13-16-33(38)17-14-30/h9-18,23-24,27H,4-8,19-22,25H2,1-3H3,(H,40,44). The number of carbonyl (C=O) groups is 2. The Morgan fingerprint density at radius 2 is 1.61 bits per heavy atom. The number of carbonyl (C=O) groups excluding carboxylic acids is 2. The first-order valence-electron chi connectivity index (χ1n) is 15.9. The number of aromatic nitrogens is 1. The topological polar surface area (TPSA) is 65.5 Å². The van der Waals surface area contributed by atoms with Gasteiger partial charge >= 0.3 is 0 Å². The number of hydrogen-bond acceptors (Lipinski definition) is 4. The van der Waals surface area contributed by atoms with Gasteiger partial charge in [-0.3, -0.25) is 19.5 Å². The molecule has 230 valence electrons. The molecule has 0 atom stereocenters. The number of fused-ring (bicyclic) bond motifs is 1. The number of nitrogens with one attached hydrogen (secondary N) is 1. The van der Waals surface area contributed by atoms with Crippen molar-refractivity contribution < 1.29 is 14.0 Å². The molecular formula is C37H43FN4O2. The number of benzene rings is 3. The number of halogens is 1. The normalized spacial score (nSPS) is 14.1. The number of likely N-dealkylation sites (tertiary alicyclic amines) is 1. The highest BCUT2D eigenvalue weighted by atomic mass is 19.1. The second-order valence-electron chi connectivity index (χ2n) is 11.9. The zero-order valence-corrected chi connectivity index (χ0v) is 26.1. The summed E-state index contributed by atoms with van der Waals surface area (Å²) in [5.41, 5.74) is 6.13. The summed E-state index contributed by atoms with van der Waals surface area (Å²) in [6, 6.07) is 19.8. The molecule has 44 heavy (non-hydrogen) atoms. The van der Waals surface area contributed by atoms with Crippen molar-refractivity contribution in [1.29, 1.82) is 0 Å². The van der Waals surface area contributed by atoms with E-state index in [2.05, 4.69) is 16.3 Å². The van der Waals surface area contributed by atoms with Crippen LogP contribution in [0.25, 0.3) is 22.0 Å². The second-order valence-corrected chi connectivity index (χ2v) is 11.9. The Hall–Kier alpha value is -4.10. The third kappa shape index (κ3) is 7.69. The molecule has 5 rings (SSSR count). The zero-order chi connectivity index (χ0) is 31.1. The van der Waals surface area contributed by atoms with Gasteiger partial charge in [0.15, 0.2) is 0 Å². The lowest BCUT2D eigenvalue weighted by Crippen LogP contribution is -2.33. The number of anilines is 1. The molecule has 4 aromatic rings. The molecule has 1 aliphatic rings. The van der Waals surface area contributed by atoms with Crippen molar-refractivity contribution in [2.75, 3.05) is 31.5 Å². The lowest BCUT2D eigenvalue weighted by atomic mass is 9.91. The SMILES string of the molecule is CCN(CC)C(=O)CCCC1CCN(Cc2cnc3c(C)c(NC(=O)c4ccc(-c5ccc(F)cc5)cc4)ccc3c2)CC1. The van der Waals surface area contributed by atoms with E-state index in [-0.39, 0.29) is 17.6 Å².